The maximum absolute atomic E-state index is 12.9. The van der Waals surface area contributed by atoms with Gasteiger partial charge in [-0.3, -0.25) is 13.8 Å². The van der Waals surface area contributed by atoms with Crippen molar-refractivity contribution < 1.29 is 28.8 Å². The van der Waals surface area contributed by atoms with Crippen LogP contribution in [0.3, 0.4) is 0 Å². The highest BCUT2D eigenvalue weighted by atomic mass is 32.2. The van der Waals surface area contributed by atoms with E-state index in [0.717, 1.165) is 0 Å². The molecule has 8 nitrogen and oxygen atoms in total. The van der Waals surface area contributed by atoms with Gasteiger partial charge in [0, 0.05) is 16.2 Å². The fraction of sp³-hybridized carbons (Fsp3) is 0.192. The van der Waals surface area contributed by atoms with Crippen LogP contribution in [0.15, 0.2) is 95.9 Å². The van der Waals surface area contributed by atoms with Crippen LogP contribution in [0.1, 0.15) is 28.4 Å². The Morgan fingerprint density at radius 3 is 1.91 bits per heavy atom. The zero-order chi connectivity index (χ0) is 25.2. The molecular weight excluding hydrogens is 468 g/mol. The van der Waals surface area contributed by atoms with Crippen molar-refractivity contribution in [2.75, 3.05) is 5.75 Å². The van der Waals surface area contributed by atoms with E-state index in [9.17, 15) is 28.8 Å². The monoisotopic (exact) mass is 494 g/mol. The maximum Gasteiger partial charge on any atom is 0.326 e. The Hall–Kier alpha value is -3.82. The molecule has 0 bridgehead atoms. The van der Waals surface area contributed by atoms with Gasteiger partial charge in [0.1, 0.15) is 6.04 Å². The molecule has 0 spiro atoms. The second kappa shape index (κ2) is 12.6. The van der Waals surface area contributed by atoms with Crippen LogP contribution < -0.4 is 10.6 Å². The van der Waals surface area contributed by atoms with Crippen molar-refractivity contribution in [1.82, 2.24) is 10.6 Å². The van der Waals surface area contributed by atoms with Crippen LogP contribution in [0.2, 0.25) is 0 Å². The van der Waals surface area contributed by atoms with Gasteiger partial charge in [-0.15, -0.1) is 0 Å². The van der Waals surface area contributed by atoms with Crippen molar-refractivity contribution in [3.63, 3.8) is 0 Å². The summed E-state index contributed by atoms with van der Waals surface area (Å²) in [6, 6.07) is 22.8. The Bertz CT molecular complexity index is 1160. The molecule has 0 saturated carbocycles. The van der Waals surface area contributed by atoms with E-state index in [-0.39, 0.29) is 12.2 Å². The highest BCUT2D eigenvalue weighted by Crippen LogP contribution is 2.19. The third-order valence-corrected chi connectivity index (χ3v) is 6.68. The van der Waals surface area contributed by atoms with Crippen LogP contribution in [0, 0.1) is 0 Å². The second-order valence-corrected chi connectivity index (χ2v) is 9.29. The van der Waals surface area contributed by atoms with E-state index >= 15 is 0 Å². The van der Waals surface area contributed by atoms with E-state index in [0.29, 0.717) is 16.0 Å². The average molecular weight is 495 g/mol. The molecule has 0 heterocycles. The van der Waals surface area contributed by atoms with E-state index in [1.165, 1.54) is 0 Å². The molecule has 0 aliphatic rings. The van der Waals surface area contributed by atoms with Crippen LogP contribution in [0.25, 0.3) is 0 Å². The molecule has 0 saturated heterocycles. The number of carbonyl (C=O) groups is 3. The number of carboxylic acid groups (broad SMARTS) is 1. The van der Waals surface area contributed by atoms with Crippen LogP contribution in [0.5, 0.6) is 0 Å². The van der Waals surface area contributed by atoms with Crippen LogP contribution in [-0.4, -0.2) is 50.1 Å². The fourth-order valence-electron chi connectivity index (χ4n) is 3.40. The normalized spacial score (nSPS) is 14.2. The molecule has 0 aliphatic carbocycles. The topological polar surface area (TPSA) is 133 Å². The lowest BCUT2D eigenvalue weighted by Crippen LogP contribution is -2.50. The maximum atomic E-state index is 12.9. The van der Waals surface area contributed by atoms with Gasteiger partial charge < -0.3 is 20.8 Å². The predicted octanol–water partition coefficient (Wildman–Crippen LogP) is 2.29. The average Bonchev–Trinajstić information content (AvgIpc) is 2.90. The number of hydrogen-bond acceptors (Lipinski definition) is 5. The molecule has 4 N–H and O–H groups in total. The van der Waals surface area contributed by atoms with E-state index in [1.807, 2.05) is 0 Å². The Labute approximate surface area is 205 Å². The molecule has 0 radical (unpaired) electrons. The predicted molar refractivity (Wildman–Crippen MR) is 131 cm³/mol. The van der Waals surface area contributed by atoms with Gasteiger partial charge in [0.15, 0.2) is 6.10 Å². The highest BCUT2D eigenvalue weighted by molar-refractivity contribution is 7.85. The second-order valence-electron chi connectivity index (χ2n) is 7.72. The van der Waals surface area contributed by atoms with Crippen LogP contribution >= 0.6 is 0 Å². The van der Waals surface area contributed by atoms with Crippen LogP contribution in [0.4, 0.5) is 0 Å². The summed E-state index contributed by atoms with van der Waals surface area (Å²) < 4.78 is 12.4. The molecule has 3 rings (SSSR count). The SMILES string of the molecule is O=C(N[C@@H](c1ccccc1)[C@@H](O)C(=O)N[C@H](CC[S@@](=O)c1ccccc1)C(=O)O)c1ccccc1. The summed E-state index contributed by atoms with van der Waals surface area (Å²) in [5.41, 5.74) is 0.810. The number of hydrogen-bond donors (Lipinski definition) is 4. The summed E-state index contributed by atoms with van der Waals surface area (Å²) in [4.78, 5) is 37.9. The van der Waals surface area contributed by atoms with Gasteiger partial charge in [0.25, 0.3) is 11.8 Å². The highest BCUT2D eigenvalue weighted by Gasteiger charge is 2.32. The van der Waals surface area contributed by atoms with E-state index in [1.54, 1.807) is 91.0 Å². The lowest BCUT2D eigenvalue weighted by Gasteiger charge is -2.25. The van der Waals surface area contributed by atoms with Crippen molar-refractivity contribution in [2.45, 2.75) is 29.5 Å². The van der Waals surface area contributed by atoms with Gasteiger partial charge in [-0.1, -0.05) is 66.7 Å². The zero-order valence-corrected chi connectivity index (χ0v) is 19.6. The zero-order valence-electron chi connectivity index (χ0n) is 18.7. The van der Waals surface area contributed by atoms with Gasteiger partial charge in [0.05, 0.1) is 16.8 Å². The number of carbonyl (C=O) groups excluding carboxylic acids is 2. The summed E-state index contributed by atoms with van der Waals surface area (Å²) >= 11 is 0. The number of amides is 2. The summed E-state index contributed by atoms with van der Waals surface area (Å²) in [5, 5.41) is 25.4. The minimum Gasteiger partial charge on any atom is -0.480 e. The van der Waals surface area contributed by atoms with Gasteiger partial charge in [0.2, 0.25) is 0 Å². The molecule has 2 amide bonds. The van der Waals surface area contributed by atoms with Gasteiger partial charge in [-0.25, -0.2) is 4.79 Å². The van der Waals surface area contributed by atoms with E-state index in [4.69, 9.17) is 0 Å². The summed E-state index contributed by atoms with van der Waals surface area (Å²) in [6.07, 6.45) is -1.88. The minimum absolute atomic E-state index is 0.00418. The molecule has 0 unspecified atom stereocenters. The number of carboxylic acids is 1. The molecule has 182 valence electrons. The first-order valence-electron chi connectivity index (χ1n) is 10.9. The molecule has 4 atom stereocenters. The minimum atomic E-state index is -1.77. The number of aliphatic carboxylic acids is 1. The first-order valence-corrected chi connectivity index (χ1v) is 12.2. The van der Waals surface area contributed by atoms with E-state index < -0.39 is 46.8 Å². The van der Waals surface area contributed by atoms with Gasteiger partial charge in [-0.05, 0) is 36.2 Å². The summed E-state index contributed by atoms with van der Waals surface area (Å²) in [6.45, 7) is 0. The molecule has 0 aromatic heterocycles. The van der Waals surface area contributed by atoms with Gasteiger partial charge >= 0.3 is 5.97 Å². The lowest BCUT2D eigenvalue weighted by molar-refractivity contribution is -0.143. The number of rotatable bonds is 11. The van der Waals surface area contributed by atoms with Gasteiger partial charge in [-0.2, -0.15) is 0 Å². The number of aliphatic hydroxyl groups is 1. The van der Waals surface area contributed by atoms with Crippen molar-refractivity contribution in [1.29, 1.82) is 0 Å². The standard InChI is InChI=1S/C26H26N2O6S/c29-23(22(18-10-4-1-5-11-18)28-24(30)19-12-6-2-7-13-19)25(31)27-21(26(32)33)16-17-35(34)20-14-8-3-9-15-20/h1-15,21-23,29H,16-17H2,(H,27,31)(H,28,30)(H,32,33)/t21-,22+,23-,35-/m1/s1. The number of benzene rings is 3. The fourth-order valence-corrected chi connectivity index (χ4v) is 4.55. The smallest absolute Gasteiger partial charge is 0.326 e. The Balaban J connectivity index is 1.71. The molecule has 9 heteroatoms. The molecule has 3 aromatic carbocycles. The molecule has 0 fully saturated rings. The lowest BCUT2D eigenvalue weighted by atomic mass is 9.99. The Kier molecular flexibility index (Phi) is 9.28. The first-order chi connectivity index (χ1) is 16.9. The Morgan fingerprint density at radius 1 is 0.800 bits per heavy atom. The first kappa shape index (κ1) is 25.8. The van der Waals surface area contributed by atoms with Crippen molar-refractivity contribution in [3.05, 3.63) is 102 Å². The van der Waals surface area contributed by atoms with Crippen LogP contribution in [-0.2, 0) is 20.4 Å². The largest absolute Gasteiger partial charge is 0.480 e. The third kappa shape index (κ3) is 7.33. The van der Waals surface area contributed by atoms with Crippen molar-refractivity contribution in [2.24, 2.45) is 0 Å². The summed E-state index contributed by atoms with van der Waals surface area (Å²) in [7, 11) is -1.45. The molecular formula is C26H26N2O6S. The summed E-state index contributed by atoms with van der Waals surface area (Å²) in [5.74, 6) is -2.78. The molecule has 0 aliphatic heterocycles. The quantitative estimate of drug-likeness (QED) is 0.323. The van der Waals surface area contributed by atoms with Crippen molar-refractivity contribution in [3.8, 4) is 0 Å². The number of aliphatic hydroxyl groups excluding tert-OH is 1. The number of nitrogens with one attached hydrogen (secondary N) is 2. The molecule has 3 aromatic rings. The molecule has 35 heavy (non-hydrogen) atoms. The van der Waals surface area contributed by atoms with Crippen molar-refractivity contribution >= 4 is 28.6 Å². The third-order valence-electron chi connectivity index (χ3n) is 5.28. The Morgan fingerprint density at radius 2 is 1.34 bits per heavy atom. The van der Waals surface area contributed by atoms with E-state index in [2.05, 4.69) is 10.6 Å².